The number of anilines is 2. The number of hydrogen-bond acceptors (Lipinski definition) is 5. The summed E-state index contributed by atoms with van der Waals surface area (Å²) in [5.41, 5.74) is 3.63. The summed E-state index contributed by atoms with van der Waals surface area (Å²) >= 11 is 0. The Bertz CT molecular complexity index is 914. The van der Waals surface area contributed by atoms with Crippen molar-refractivity contribution < 1.29 is 19.1 Å². The summed E-state index contributed by atoms with van der Waals surface area (Å²) in [6.07, 6.45) is 0.646. The molecule has 2 N–H and O–H groups in total. The Labute approximate surface area is 171 Å². The smallest absolute Gasteiger partial charge is 0.412 e. The van der Waals surface area contributed by atoms with Crippen LogP contribution in [0, 0.1) is 13.8 Å². The quantitative estimate of drug-likeness (QED) is 0.391. The van der Waals surface area contributed by atoms with Crippen LogP contribution in [0.3, 0.4) is 0 Å². The largest absolute Gasteiger partial charge is 0.444 e. The Kier molecular flexibility index (Phi) is 7.04. The molecule has 0 aliphatic rings. The number of carbonyl (C=O) groups is 2. The molecule has 0 heterocycles. The van der Waals surface area contributed by atoms with Gasteiger partial charge in [0.2, 0.25) is 0 Å². The maximum absolute atomic E-state index is 11.9. The molecule has 29 heavy (non-hydrogen) atoms. The molecule has 0 unspecified atom stereocenters. The average molecular weight is 396 g/mol. The maximum atomic E-state index is 11.9. The first kappa shape index (κ1) is 22.0. The number of hydrogen-bond donors (Lipinski definition) is 2. The predicted octanol–water partition coefficient (Wildman–Crippen LogP) is 5.35. The Morgan fingerprint density at radius 2 is 1.86 bits per heavy atom. The lowest BCUT2D eigenvalue weighted by Crippen LogP contribution is -2.27. The molecular weight excluding hydrogens is 368 g/mol. The minimum absolute atomic E-state index is 0.491. The minimum atomic E-state index is -0.557. The molecule has 1 amide bonds. The second kappa shape index (κ2) is 9.28. The fourth-order valence-electron chi connectivity index (χ4n) is 2.70. The lowest BCUT2D eigenvalue weighted by Gasteiger charge is -2.20. The Morgan fingerprint density at radius 1 is 1.14 bits per heavy atom. The van der Waals surface area contributed by atoms with Gasteiger partial charge in [0.1, 0.15) is 11.4 Å². The van der Waals surface area contributed by atoms with Gasteiger partial charge in [-0.1, -0.05) is 24.8 Å². The summed E-state index contributed by atoms with van der Waals surface area (Å²) in [4.78, 5) is 23.5. The van der Waals surface area contributed by atoms with E-state index in [1.165, 1.54) is 0 Å². The monoisotopic (exact) mass is 396 g/mol. The van der Waals surface area contributed by atoms with Gasteiger partial charge in [-0.25, -0.2) is 9.59 Å². The summed E-state index contributed by atoms with van der Waals surface area (Å²) < 4.78 is 10.6. The zero-order valence-corrected chi connectivity index (χ0v) is 17.6. The molecule has 2 rings (SSSR count). The van der Waals surface area contributed by atoms with Crippen LogP contribution >= 0.6 is 0 Å². The maximum Gasteiger partial charge on any atom is 0.412 e. The van der Waals surface area contributed by atoms with Gasteiger partial charge < -0.3 is 14.8 Å². The molecule has 0 aliphatic carbocycles. The van der Waals surface area contributed by atoms with Gasteiger partial charge in [0.25, 0.3) is 0 Å². The molecule has 6 heteroatoms. The van der Waals surface area contributed by atoms with Crippen LogP contribution in [0.15, 0.2) is 49.1 Å². The predicted molar refractivity (Wildman–Crippen MR) is 115 cm³/mol. The molecule has 0 spiro atoms. The number of benzene rings is 2. The molecular formula is C23H28N2O4. The molecule has 0 saturated heterocycles. The van der Waals surface area contributed by atoms with Crippen molar-refractivity contribution in [2.45, 2.75) is 46.8 Å². The molecule has 0 aromatic heterocycles. The first-order valence-corrected chi connectivity index (χ1v) is 9.36. The van der Waals surface area contributed by atoms with E-state index >= 15 is 0 Å². The number of amides is 1. The summed E-state index contributed by atoms with van der Waals surface area (Å²) in [5, 5.41) is 6.08. The fraction of sp³-hybridized carbons (Fsp3) is 0.304. The summed E-state index contributed by atoms with van der Waals surface area (Å²) in [6.45, 7) is 13.2. The molecule has 154 valence electrons. The van der Waals surface area contributed by atoms with Crippen LogP contribution in [0.4, 0.5) is 16.2 Å². The van der Waals surface area contributed by atoms with Gasteiger partial charge in [-0.15, -0.1) is 0 Å². The average Bonchev–Trinajstić information content (AvgIpc) is 2.63. The highest BCUT2D eigenvalue weighted by Crippen LogP contribution is 2.30. The van der Waals surface area contributed by atoms with Gasteiger partial charge in [0.05, 0.1) is 0 Å². The zero-order valence-electron chi connectivity index (χ0n) is 17.6. The normalized spacial score (nSPS) is 10.8. The molecule has 0 radical (unpaired) electrons. The lowest BCUT2D eigenvalue weighted by molar-refractivity contribution is -0.129. The van der Waals surface area contributed by atoms with Crippen LogP contribution < -0.4 is 15.4 Å². The number of rotatable bonds is 6. The first-order chi connectivity index (χ1) is 13.6. The molecule has 0 saturated carbocycles. The lowest BCUT2D eigenvalue weighted by atomic mass is 10.1. The van der Waals surface area contributed by atoms with Gasteiger partial charge in [0.15, 0.2) is 0 Å². The van der Waals surface area contributed by atoms with Crippen LogP contribution in [0.1, 0.15) is 37.5 Å². The minimum Gasteiger partial charge on any atom is -0.444 e. The SMILES string of the molecule is C=CC(=O)Oc1c(C)ccc(NCc2cccc(NC(=O)OC(C)(C)C)c2)c1C. The van der Waals surface area contributed by atoms with Gasteiger partial charge in [-0.05, 0) is 63.9 Å². The van der Waals surface area contributed by atoms with Crippen LogP contribution in [-0.4, -0.2) is 17.7 Å². The van der Waals surface area contributed by atoms with Crippen LogP contribution in [0.25, 0.3) is 0 Å². The molecule has 0 atom stereocenters. The molecule has 2 aromatic rings. The van der Waals surface area contributed by atoms with E-state index < -0.39 is 17.7 Å². The van der Waals surface area contributed by atoms with Gasteiger partial charge in [0, 0.05) is 29.6 Å². The molecule has 0 aliphatic heterocycles. The number of aryl methyl sites for hydroxylation is 1. The Hall–Kier alpha value is -3.28. The van der Waals surface area contributed by atoms with Crippen molar-refractivity contribution in [3.63, 3.8) is 0 Å². The summed E-state index contributed by atoms with van der Waals surface area (Å²) in [6, 6.07) is 11.3. The van der Waals surface area contributed by atoms with Crippen LogP contribution in [0.2, 0.25) is 0 Å². The summed E-state index contributed by atoms with van der Waals surface area (Å²) in [7, 11) is 0. The molecule has 2 aromatic carbocycles. The van der Waals surface area contributed by atoms with Crippen molar-refractivity contribution in [2.75, 3.05) is 10.6 Å². The topological polar surface area (TPSA) is 76.7 Å². The van der Waals surface area contributed by atoms with E-state index in [0.717, 1.165) is 28.5 Å². The van der Waals surface area contributed by atoms with Gasteiger partial charge >= 0.3 is 12.1 Å². The van der Waals surface area contributed by atoms with E-state index in [1.54, 1.807) is 6.07 Å². The van der Waals surface area contributed by atoms with Crippen molar-refractivity contribution in [2.24, 2.45) is 0 Å². The van der Waals surface area contributed by atoms with Crippen molar-refractivity contribution in [1.82, 2.24) is 0 Å². The highest BCUT2D eigenvalue weighted by molar-refractivity contribution is 5.85. The zero-order chi connectivity index (χ0) is 21.6. The number of ether oxygens (including phenoxy) is 2. The number of carbonyl (C=O) groups excluding carboxylic acids is 2. The second-order valence-corrected chi connectivity index (χ2v) is 7.69. The molecule has 0 fully saturated rings. The van der Waals surface area contributed by atoms with Gasteiger partial charge in [-0.2, -0.15) is 0 Å². The van der Waals surface area contributed by atoms with E-state index in [0.29, 0.717) is 18.0 Å². The van der Waals surface area contributed by atoms with E-state index in [4.69, 9.17) is 9.47 Å². The highest BCUT2D eigenvalue weighted by Gasteiger charge is 2.16. The third-order valence-corrected chi connectivity index (χ3v) is 4.03. The van der Waals surface area contributed by atoms with Crippen molar-refractivity contribution in [3.05, 3.63) is 65.7 Å². The second-order valence-electron chi connectivity index (χ2n) is 7.69. The Balaban J connectivity index is 2.08. The van der Waals surface area contributed by atoms with E-state index in [2.05, 4.69) is 17.2 Å². The van der Waals surface area contributed by atoms with E-state index in [-0.39, 0.29) is 0 Å². The first-order valence-electron chi connectivity index (χ1n) is 9.36. The number of nitrogens with one attached hydrogen (secondary N) is 2. The number of esters is 1. The fourth-order valence-corrected chi connectivity index (χ4v) is 2.70. The summed E-state index contributed by atoms with van der Waals surface area (Å²) in [5.74, 6) is 0.0366. The third kappa shape index (κ3) is 6.68. The molecule has 0 bridgehead atoms. The Morgan fingerprint density at radius 3 is 2.52 bits per heavy atom. The van der Waals surface area contributed by atoms with Crippen LogP contribution in [-0.2, 0) is 16.1 Å². The standard InChI is InChI=1S/C23H28N2O4/c1-7-20(26)28-21-15(2)11-12-19(16(21)3)24-14-17-9-8-10-18(13-17)25-22(27)29-23(4,5)6/h7-13,24H,1,14H2,2-6H3,(H,25,27). The van der Waals surface area contributed by atoms with Crippen molar-refractivity contribution in [1.29, 1.82) is 0 Å². The highest BCUT2D eigenvalue weighted by atomic mass is 16.6. The van der Waals surface area contributed by atoms with Gasteiger partial charge in [-0.3, -0.25) is 5.32 Å². The van der Waals surface area contributed by atoms with Crippen molar-refractivity contribution in [3.8, 4) is 5.75 Å². The third-order valence-electron chi connectivity index (χ3n) is 4.03. The van der Waals surface area contributed by atoms with E-state index in [9.17, 15) is 9.59 Å². The molecule has 6 nitrogen and oxygen atoms in total. The van der Waals surface area contributed by atoms with E-state index in [1.807, 2.05) is 65.0 Å². The van der Waals surface area contributed by atoms with Crippen molar-refractivity contribution >= 4 is 23.4 Å². The van der Waals surface area contributed by atoms with Crippen LogP contribution in [0.5, 0.6) is 5.75 Å².